The van der Waals surface area contributed by atoms with Crippen molar-refractivity contribution in [3.05, 3.63) is 23.4 Å². The summed E-state index contributed by atoms with van der Waals surface area (Å²) in [5.74, 6) is -1.20. The number of carbonyl (C=O) groups excluding carboxylic acids is 2. The largest absolute Gasteiger partial charge is 0.446 e. The smallest absolute Gasteiger partial charge is 0.416 e. The van der Waals surface area contributed by atoms with Crippen molar-refractivity contribution in [3.63, 3.8) is 0 Å². The number of anilines is 1. The molecular formula is C11H10F3N3O3. The molecule has 0 bridgehead atoms. The Bertz CT molecular complexity index is 574. The molecule has 2 N–H and O–H groups in total. The monoisotopic (exact) mass is 289 g/mol. The molecule has 2 heterocycles. The predicted octanol–water partition coefficient (Wildman–Crippen LogP) is 1.22. The fourth-order valence-corrected chi connectivity index (χ4v) is 1.82. The number of hydrogen-bond donors (Lipinski definition) is 1. The van der Waals surface area contributed by atoms with E-state index in [1.807, 2.05) is 0 Å². The van der Waals surface area contributed by atoms with Crippen LogP contribution >= 0.6 is 0 Å². The number of aromatic nitrogens is 1. The fourth-order valence-electron chi connectivity index (χ4n) is 1.82. The van der Waals surface area contributed by atoms with E-state index in [4.69, 9.17) is 5.73 Å². The Morgan fingerprint density at radius 3 is 2.70 bits per heavy atom. The number of nitrogens with zero attached hydrogens (tertiary/aromatic N) is 2. The summed E-state index contributed by atoms with van der Waals surface area (Å²) in [5.41, 5.74) is 4.17. The van der Waals surface area contributed by atoms with Gasteiger partial charge in [0.05, 0.1) is 5.56 Å². The van der Waals surface area contributed by atoms with E-state index in [-0.39, 0.29) is 18.1 Å². The van der Waals surface area contributed by atoms with Gasteiger partial charge in [0.25, 0.3) is 0 Å². The lowest BCUT2D eigenvalue weighted by Gasteiger charge is -2.19. The summed E-state index contributed by atoms with van der Waals surface area (Å²) < 4.78 is 42.8. The predicted molar refractivity (Wildman–Crippen MR) is 60.8 cm³/mol. The van der Waals surface area contributed by atoms with Crippen molar-refractivity contribution in [2.75, 3.05) is 11.5 Å². The lowest BCUT2D eigenvalue weighted by molar-refractivity contribution is -0.137. The molecule has 0 aliphatic carbocycles. The summed E-state index contributed by atoms with van der Waals surface area (Å²) >= 11 is 0. The summed E-state index contributed by atoms with van der Waals surface area (Å²) in [5, 5.41) is 0. The summed E-state index contributed by atoms with van der Waals surface area (Å²) in [4.78, 5) is 27.3. The average Bonchev–Trinajstić information content (AvgIpc) is 2.69. The molecule has 9 heteroatoms. The van der Waals surface area contributed by atoms with Crippen LogP contribution in [0.2, 0.25) is 0 Å². The number of cyclic esters (lactones) is 1. The topological polar surface area (TPSA) is 85.5 Å². The maximum atomic E-state index is 12.7. The fraction of sp³-hybridized carbons (Fsp3) is 0.364. The maximum Gasteiger partial charge on any atom is 0.416 e. The van der Waals surface area contributed by atoms with Gasteiger partial charge in [0, 0.05) is 5.69 Å². The van der Waals surface area contributed by atoms with Gasteiger partial charge in [-0.3, -0.25) is 4.79 Å². The van der Waals surface area contributed by atoms with Crippen LogP contribution in [-0.2, 0) is 15.7 Å². The third-order valence-corrected chi connectivity index (χ3v) is 2.72. The molecule has 1 saturated heterocycles. The molecule has 2 amide bonds. The molecule has 1 aromatic rings. The highest BCUT2D eigenvalue weighted by Crippen LogP contribution is 2.32. The first-order chi connectivity index (χ1) is 9.20. The molecule has 20 heavy (non-hydrogen) atoms. The molecule has 0 radical (unpaired) electrons. The van der Waals surface area contributed by atoms with Crippen LogP contribution in [0.5, 0.6) is 0 Å². The third-order valence-electron chi connectivity index (χ3n) is 2.72. The Hall–Kier alpha value is -2.32. The van der Waals surface area contributed by atoms with E-state index in [1.54, 1.807) is 0 Å². The quantitative estimate of drug-likeness (QED) is 0.887. The van der Waals surface area contributed by atoms with Crippen molar-refractivity contribution in [1.29, 1.82) is 0 Å². The zero-order valence-corrected chi connectivity index (χ0v) is 10.3. The minimum atomic E-state index is -4.59. The Morgan fingerprint density at radius 1 is 1.50 bits per heavy atom. The number of aryl methyl sites for hydroxylation is 1. The molecule has 6 nitrogen and oxygen atoms in total. The number of hydrogen-bond acceptors (Lipinski definition) is 4. The number of pyridine rings is 1. The third kappa shape index (κ3) is 2.51. The van der Waals surface area contributed by atoms with Crippen LogP contribution in [0.25, 0.3) is 0 Å². The number of ether oxygens (including phenoxy) is 1. The molecule has 1 aromatic heterocycles. The van der Waals surface area contributed by atoms with Crippen molar-refractivity contribution < 1.29 is 27.5 Å². The molecule has 0 aromatic carbocycles. The Balaban J connectivity index is 2.49. The minimum Gasteiger partial charge on any atom is -0.446 e. The van der Waals surface area contributed by atoms with Gasteiger partial charge < -0.3 is 10.5 Å². The molecule has 1 aliphatic heterocycles. The second-order valence-electron chi connectivity index (χ2n) is 4.22. The molecule has 1 unspecified atom stereocenters. The van der Waals surface area contributed by atoms with Crippen LogP contribution in [0.4, 0.5) is 23.8 Å². The van der Waals surface area contributed by atoms with Crippen LogP contribution in [-0.4, -0.2) is 29.6 Å². The highest BCUT2D eigenvalue weighted by atomic mass is 19.4. The molecule has 0 spiro atoms. The number of amides is 2. The van der Waals surface area contributed by atoms with Crippen LogP contribution in [0.1, 0.15) is 11.3 Å². The lowest BCUT2D eigenvalue weighted by atomic mass is 10.2. The normalized spacial score (nSPS) is 19.1. The summed E-state index contributed by atoms with van der Waals surface area (Å²) in [6, 6.07) is 0.345. The molecule has 1 atom stereocenters. The van der Waals surface area contributed by atoms with E-state index in [2.05, 4.69) is 9.72 Å². The number of halogens is 3. The van der Waals surface area contributed by atoms with Gasteiger partial charge in [-0.15, -0.1) is 0 Å². The maximum absolute atomic E-state index is 12.7. The van der Waals surface area contributed by atoms with Gasteiger partial charge in [0.2, 0.25) is 5.91 Å². The van der Waals surface area contributed by atoms with Gasteiger partial charge in [-0.2, -0.15) is 13.2 Å². The summed E-state index contributed by atoms with van der Waals surface area (Å²) in [6.45, 7) is 1.03. The number of primary amides is 1. The van der Waals surface area contributed by atoms with Gasteiger partial charge in [0.1, 0.15) is 12.4 Å². The van der Waals surface area contributed by atoms with Crippen molar-refractivity contribution in [2.24, 2.45) is 5.73 Å². The Morgan fingerprint density at radius 2 is 2.15 bits per heavy atom. The first-order valence-corrected chi connectivity index (χ1v) is 5.51. The standard InChI is InChI=1S/C11H10F3N3O3/c1-5-2-6(11(12,13)14)3-8(16-5)17-7(9(15)18)4-20-10(17)19/h2-3,7H,4H2,1H3,(H2,15,18). The number of alkyl halides is 3. The first-order valence-electron chi connectivity index (χ1n) is 5.51. The van der Waals surface area contributed by atoms with Crippen LogP contribution in [0, 0.1) is 6.92 Å². The first kappa shape index (κ1) is 14.1. The van der Waals surface area contributed by atoms with E-state index in [9.17, 15) is 22.8 Å². The van der Waals surface area contributed by atoms with Crippen LogP contribution < -0.4 is 10.6 Å². The van der Waals surface area contributed by atoms with Gasteiger partial charge in [0.15, 0.2) is 6.04 Å². The van der Waals surface area contributed by atoms with Gasteiger partial charge in [-0.25, -0.2) is 14.7 Å². The van der Waals surface area contributed by atoms with Gasteiger partial charge >= 0.3 is 12.3 Å². The molecule has 2 rings (SSSR count). The van der Waals surface area contributed by atoms with Crippen molar-refractivity contribution >= 4 is 17.8 Å². The van der Waals surface area contributed by atoms with E-state index in [1.165, 1.54) is 6.92 Å². The molecule has 108 valence electrons. The highest BCUT2D eigenvalue weighted by Gasteiger charge is 2.40. The number of rotatable bonds is 2. The van der Waals surface area contributed by atoms with Crippen LogP contribution in [0.3, 0.4) is 0 Å². The second-order valence-corrected chi connectivity index (χ2v) is 4.22. The zero-order chi connectivity index (χ0) is 15.1. The molecule has 0 saturated carbocycles. The van der Waals surface area contributed by atoms with Crippen molar-refractivity contribution in [3.8, 4) is 0 Å². The van der Waals surface area contributed by atoms with E-state index in [0.717, 1.165) is 11.0 Å². The average molecular weight is 289 g/mol. The van der Waals surface area contributed by atoms with Crippen LogP contribution in [0.15, 0.2) is 12.1 Å². The van der Waals surface area contributed by atoms with Crippen molar-refractivity contribution in [2.45, 2.75) is 19.1 Å². The van der Waals surface area contributed by atoms with E-state index < -0.39 is 29.8 Å². The van der Waals surface area contributed by atoms with Gasteiger partial charge in [-0.1, -0.05) is 0 Å². The summed E-state index contributed by atoms with van der Waals surface area (Å²) in [7, 11) is 0. The zero-order valence-electron chi connectivity index (χ0n) is 10.3. The summed E-state index contributed by atoms with van der Waals surface area (Å²) in [6.07, 6.45) is -5.55. The van der Waals surface area contributed by atoms with Crippen molar-refractivity contribution in [1.82, 2.24) is 4.98 Å². The lowest BCUT2D eigenvalue weighted by Crippen LogP contribution is -2.44. The van der Waals surface area contributed by atoms with Gasteiger partial charge in [-0.05, 0) is 19.1 Å². The second kappa shape index (κ2) is 4.66. The molecule has 1 fully saturated rings. The minimum absolute atomic E-state index is 0.0535. The SMILES string of the molecule is Cc1cc(C(F)(F)F)cc(N2C(=O)OCC2C(N)=O)n1. The van der Waals surface area contributed by atoms with E-state index in [0.29, 0.717) is 6.07 Å². The van der Waals surface area contributed by atoms with E-state index >= 15 is 0 Å². The molecule has 1 aliphatic rings. The number of nitrogens with two attached hydrogens (primary N) is 1. The highest BCUT2D eigenvalue weighted by molar-refractivity contribution is 5.98. The Labute approximate surface area is 111 Å². The molecular weight excluding hydrogens is 279 g/mol. The number of carbonyl (C=O) groups is 2. The Kier molecular flexibility index (Phi) is 3.28.